The van der Waals surface area contributed by atoms with Crippen molar-refractivity contribution in [2.45, 2.75) is 44.9 Å². The summed E-state index contributed by atoms with van der Waals surface area (Å²) >= 11 is 0. The third kappa shape index (κ3) is 2.83. The van der Waals surface area contributed by atoms with Gasteiger partial charge in [-0.25, -0.2) is 0 Å². The summed E-state index contributed by atoms with van der Waals surface area (Å²) in [7, 11) is 0. The first kappa shape index (κ1) is 13.8. The van der Waals surface area contributed by atoms with Gasteiger partial charge in [-0.3, -0.25) is 4.98 Å². The van der Waals surface area contributed by atoms with Gasteiger partial charge in [0.25, 0.3) is 0 Å². The second-order valence-corrected chi connectivity index (χ2v) is 6.57. The van der Waals surface area contributed by atoms with Gasteiger partial charge in [0.1, 0.15) is 6.07 Å². The number of aromatic nitrogens is 1. The van der Waals surface area contributed by atoms with Gasteiger partial charge in [-0.2, -0.15) is 5.26 Å². The van der Waals surface area contributed by atoms with Gasteiger partial charge in [-0.1, -0.05) is 32.0 Å². The number of pyridine rings is 1. The zero-order chi connectivity index (χ0) is 14.9. The van der Waals surface area contributed by atoms with Crippen LogP contribution in [0.1, 0.15) is 48.1 Å². The Bertz CT molecular complexity index is 708. The highest BCUT2D eigenvalue weighted by atomic mass is 14.6. The molecule has 2 heteroatoms. The van der Waals surface area contributed by atoms with E-state index in [1.165, 1.54) is 29.5 Å². The van der Waals surface area contributed by atoms with Crippen molar-refractivity contribution in [1.29, 1.82) is 5.26 Å². The van der Waals surface area contributed by atoms with Crippen molar-refractivity contribution in [3.05, 3.63) is 64.5 Å². The largest absolute Gasteiger partial charge is 0.263 e. The van der Waals surface area contributed by atoms with Crippen LogP contribution in [0, 0.1) is 11.3 Å². The molecule has 21 heavy (non-hydrogen) atoms. The lowest BCUT2D eigenvalue weighted by Crippen LogP contribution is -2.12. The highest BCUT2D eigenvalue weighted by Gasteiger charge is 2.29. The van der Waals surface area contributed by atoms with E-state index in [9.17, 15) is 0 Å². The molecule has 106 valence electrons. The molecule has 0 radical (unpaired) electrons. The Morgan fingerprint density at radius 1 is 1.14 bits per heavy atom. The molecule has 0 saturated carbocycles. The Labute approximate surface area is 126 Å². The normalized spacial score (nSPS) is 15.5. The minimum absolute atomic E-state index is 0.313. The summed E-state index contributed by atoms with van der Waals surface area (Å²) in [6, 6.07) is 11.0. The minimum Gasteiger partial charge on any atom is -0.263 e. The topological polar surface area (TPSA) is 36.7 Å². The Hall–Kier alpha value is -2.14. The van der Waals surface area contributed by atoms with Crippen LogP contribution in [-0.2, 0) is 24.7 Å². The van der Waals surface area contributed by atoms with Gasteiger partial charge in [0.15, 0.2) is 0 Å². The molecule has 0 spiro atoms. The van der Waals surface area contributed by atoms with Crippen molar-refractivity contribution in [1.82, 2.24) is 4.98 Å². The Morgan fingerprint density at radius 3 is 2.76 bits per heavy atom. The van der Waals surface area contributed by atoms with Crippen LogP contribution in [0.3, 0.4) is 0 Å². The fourth-order valence-corrected chi connectivity index (χ4v) is 3.18. The van der Waals surface area contributed by atoms with Crippen LogP contribution in [0.4, 0.5) is 0 Å². The van der Waals surface area contributed by atoms with Gasteiger partial charge in [-0.05, 0) is 59.4 Å². The van der Waals surface area contributed by atoms with E-state index in [0.717, 1.165) is 18.4 Å². The second-order valence-electron chi connectivity index (χ2n) is 6.57. The standard InChI is InChI=1S/C19H20N2/c1-19(2)8-7-17-6-5-14(10-18(17)19)3-4-15-9-16(11-20)13-21-12-15/h5-6,9-10,12-13H,3-4,7-8H2,1-2H3. The first-order valence-electron chi connectivity index (χ1n) is 7.55. The third-order valence-corrected chi connectivity index (χ3v) is 4.55. The van der Waals surface area contributed by atoms with Crippen molar-refractivity contribution >= 4 is 0 Å². The van der Waals surface area contributed by atoms with Crippen molar-refractivity contribution in [3.63, 3.8) is 0 Å². The second kappa shape index (κ2) is 5.33. The summed E-state index contributed by atoms with van der Waals surface area (Å²) < 4.78 is 0. The molecule has 1 aromatic heterocycles. The molecule has 1 aliphatic carbocycles. The molecule has 0 unspecified atom stereocenters. The Morgan fingerprint density at radius 2 is 1.95 bits per heavy atom. The number of nitriles is 1. The van der Waals surface area contributed by atoms with Crippen LogP contribution >= 0.6 is 0 Å². The molecule has 1 heterocycles. The molecule has 0 aliphatic heterocycles. The highest BCUT2D eigenvalue weighted by molar-refractivity contribution is 5.41. The predicted molar refractivity (Wildman–Crippen MR) is 84.1 cm³/mol. The molecule has 3 rings (SSSR count). The first-order chi connectivity index (χ1) is 10.1. The van der Waals surface area contributed by atoms with Crippen molar-refractivity contribution in [3.8, 4) is 6.07 Å². The van der Waals surface area contributed by atoms with Gasteiger partial charge >= 0.3 is 0 Å². The van der Waals surface area contributed by atoms with Gasteiger partial charge in [-0.15, -0.1) is 0 Å². The molecule has 0 fully saturated rings. The molecule has 0 saturated heterocycles. The van der Waals surface area contributed by atoms with Gasteiger partial charge < -0.3 is 0 Å². The summed E-state index contributed by atoms with van der Waals surface area (Å²) in [6.07, 6.45) is 7.86. The molecule has 0 N–H and O–H groups in total. The van der Waals surface area contributed by atoms with Crippen LogP contribution in [0.25, 0.3) is 0 Å². The average molecular weight is 276 g/mol. The van der Waals surface area contributed by atoms with Crippen LogP contribution < -0.4 is 0 Å². The number of aryl methyl sites for hydroxylation is 3. The van der Waals surface area contributed by atoms with Gasteiger partial charge in [0.05, 0.1) is 5.56 Å². The van der Waals surface area contributed by atoms with E-state index in [0.29, 0.717) is 11.0 Å². The molecule has 2 nitrogen and oxygen atoms in total. The van der Waals surface area contributed by atoms with E-state index >= 15 is 0 Å². The van der Waals surface area contributed by atoms with Crippen LogP contribution in [0.15, 0.2) is 36.7 Å². The maximum atomic E-state index is 8.92. The quantitative estimate of drug-likeness (QED) is 0.850. The van der Waals surface area contributed by atoms with E-state index in [-0.39, 0.29) is 0 Å². The smallest absolute Gasteiger partial charge is 0.101 e. The lowest BCUT2D eigenvalue weighted by Gasteiger charge is -2.19. The number of hydrogen-bond acceptors (Lipinski definition) is 2. The molecule has 1 aromatic carbocycles. The Balaban J connectivity index is 1.76. The third-order valence-electron chi connectivity index (χ3n) is 4.55. The van der Waals surface area contributed by atoms with Crippen molar-refractivity contribution in [2.75, 3.05) is 0 Å². The number of fused-ring (bicyclic) bond motifs is 1. The van der Waals surface area contributed by atoms with Crippen LogP contribution in [0.2, 0.25) is 0 Å². The predicted octanol–water partition coefficient (Wildman–Crippen LogP) is 3.96. The SMILES string of the molecule is CC1(C)CCc2ccc(CCc3cncc(C#N)c3)cc21. The van der Waals surface area contributed by atoms with E-state index in [2.05, 4.69) is 43.1 Å². The molecule has 1 aliphatic rings. The summed E-state index contributed by atoms with van der Waals surface area (Å²) in [5.74, 6) is 0. The summed E-state index contributed by atoms with van der Waals surface area (Å²) in [5.41, 5.74) is 6.50. The molecule has 2 aromatic rings. The molecule has 0 bridgehead atoms. The lowest BCUT2D eigenvalue weighted by molar-refractivity contribution is 0.522. The molecule has 0 atom stereocenters. The number of nitrogens with zero attached hydrogens (tertiary/aromatic N) is 2. The van der Waals surface area contributed by atoms with Crippen molar-refractivity contribution < 1.29 is 0 Å². The fourth-order valence-electron chi connectivity index (χ4n) is 3.18. The van der Waals surface area contributed by atoms with E-state index < -0.39 is 0 Å². The molecule has 0 amide bonds. The Kier molecular flexibility index (Phi) is 3.51. The zero-order valence-corrected chi connectivity index (χ0v) is 12.7. The molecular weight excluding hydrogens is 256 g/mol. The fraction of sp³-hybridized carbons (Fsp3) is 0.368. The monoisotopic (exact) mass is 276 g/mol. The summed E-state index contributed by atoms with van der Waals surface area (Å²) in [4.78, 5) is 4.13. The van der Waals surface area contributed by atoms with E-state index in [4.69, 9.17) is 5.26 Å². The maximum absolute atomic E-state index is 8.92. The van der Waals surface area contributed by atoms with Crippen molar-refractivity contribution in [2.24, 2.45) is 0 Å². The van der Waals surface area contributed by atoms with E-state index in [1.807, 2.05) is 12.3 Å². The summed E-state index contributed by atoms with van der Waals surface area (Å²) in [6.45, 7) is 4.67. The van der Waals surface area contributed by atoms with Crippen LogP contribution in [-0.4, -0.2) is 4.98 Å². The minimum atomic E-state index is 0.313. The summed E-state index contributed by atoms with van der Waals surface area (Å²) in [5, 5.41) is 8.92. The van der Waals surface area contributed by atoms with Gasteiger partial charge in [0.2, 0.25) is 0 Å². The van der Waals surface area contributed by atoms with E-state index in [1.54, 1.807) is 6.20 Å². The highest BCUT2D eigenvalue weighted by Crippen LogP contribution is 2.38. The average Bonchev–Trinajstić information content (AvgIpc) is 2.81. The number of rotatable bonds is 3. The number of hydrogen-bond donors (Lipinski definition) is 0. The number of benzene rings is 1. The first-order valence-corrected chi connectivity index (χ1v) is 7.55. The molecular formula is C19H20N2. The van der Waals surface area contributed by atoms with Crippen LogP contribution in [0.5, 0.6) is 0 Å². The van der Waals surface area contributed by atoms with Gasteiger partial charge in [0, 0.05) is 12.4 Å². The zero-order valence-electron chi connectivity index (χ0n) is 12.7. The maximum Gasteiger partial charge on any atom is 0.101 e. The lowest BCUT2D eigenvalue weighted by atomic mass is 9.85.